The van der Waals surface area contributed by atoms with Gasteiger partial charge < -0.3 is 0 Å². The number of rotatable bonds is 1. The number of hydrogen-bond donors (Lipinski definition) is 0. The van der Waals surface area contributed by atoms with Crippen molar-refractivity contribution in [2.24, 2.45) is 0 Å². The lowest BCUT2D eigenvalue weighted by Crippen LogP contribution is -2.33. The van der Waals surface area contributed by atoms with Crippen molar-refractivity contribution in [1.29, 1.82) is 0 Å². The molecule has 1 saturated heterocycles. The Labute approximate surface area is 94.8 Å². The molecule has 0 saturated carbocycles. The second kappa shape index (κ2) is 3.91. The van der Waals surface area contributed by atoms with E-state index in [0.717, 1.165) is 11.3 Å². The van der Waals surface area contributed by atoms with Crippen LogP contribution < -0.4 is 5.30 Å². The highest BCUT2D eigenvalue weighted by Crippen LogP contribution is 2.58. The third kappa shape index (κ3) is 1.85. The van der Waals surface area contributed by atoms with E-state index >= 15 is 0 Å². The first-order valence-electron chi connectivity index (χ1n) is 5.87. The Morgan fingerprint density at radius 1 is 1.00 bits per heavy atom. The molecule has 0 unspecified atom stereocenters. The Kier molecular flexibility index (Phi) is 2.90. The van der Waals surface area contributed by atoms with Gasteiger partial charge in [0.2, 0.25) is 0 Å². The SMILES string of the molecule is Cc1cc(C)c(P2[C@@H](C)C[C@@H]2C)c(C)c1. The summed E-state index contributed by atoms with van der Waals surface area (Å²) >= 11 is 0. The van der Waals surface area contributed by atoms with Gasteiger partial charge in [0, 0.05) is 0 Å². The molecule has 1 heteroatoms. The van der Waals surface area contributed by atoms with Crippen LogP contribution in [0.2, 0.25) is 0 Å². The van der Waals surface area contributed by atoms with Crippen LogP contribution in [-0.2, 0) is 0 Å². The van der Waals surface area contributed by atoms with E-state index in [-0.39, 0.29) is 7.92 Å². The molecule has 2 rings (SSSR count). The third-order valence-electron chi connectivity index (χ3n) is 3.53. The minimum absolute atomic E-state index is 0.131. The summed E-state index contributed by atoms with van der Waals surface area (Å²) in [5.41, 5.74) is 6.34. The molecule has 0 N–H and O–H groups in total. The molecule has 0 spiro atoms. The van der Waals surface area contributed by atoms with Crippen molar-refractivity contribution < 1.29 is 0 Å². The van der Waals surface area contributed by atoms with Crippen LogP contribution in [0.1, 0.15) is 37.0 Å². The van der Waals surface area contributed by atoms with Crippen LogP contribution in [0.25, 0.3) is 0 Å². The van der Waals surface area contributed by atoms with Crippen molar-refractivity contribution in [3.63, 3.8) is 0 Å². The highest BCUT2D eigenvalue weighted by Gasteiger charge is 2.36. The fraction of sp³-hybridized carbons (Fsp3) is 0.571. The molecular formula is C14H21P. The second-order valence-electron chi connectivity index (χ2n) is 5.09. The Morgan fingerprint density at radius 2 is 1.47 bits per heavy atom. The molecular weight excluding hydrogens is 199 g/mol. The molecule has 0 bridgehead atoms. The third-order valence-corrected chi connectivity index (χ3v) is 7.07. The van der Waals surface area contributed by atoms with Crippen LogP contribution >= 0.6 is 7.92 Å². The quantitative estimate of drug-likeness (QED) is 0.630. The average Bonchev–Trinajstić information content (AvgIpc) is 2.11. The minimum Gasteiger partial charge on any atom is -0.0689 e. The van der Waals surface area contributed by atoms with Crippen molar-refractivity contribution in [1.82, 2.24) is 0 Å². The summed E-state index contributed by atoms with van der Waals surface area (Å²) < 4.78 is 0. The summed E-state index contributed by atoms with van der Waals surface area (Å²) in [5.74, 6) is 0. The molecule has 1 fully saturated rings. The van der Waals surface area contributed by atoms with Crippen LogP contribution in [0.3, 0.4) is 0 Å². The summed E-state index contributed by atoms with van der Waals surface area (Å²) in [6.07, 6.45) is 1.43. The topological polar surface area (TPSA) is 0 Å². The van der Waals surface area contributed by atoms with Crippen molar-refractivity contribution in [3.8, 4) is 0 Å². The van der Waals surface area contributed by atoms with E-state index in [1.165, 1.54) is 23.1 Å². The zero-order valence-electron chi connectivity index (χ0n) is 10.5. The molecule has 0 aliphatic carbocycles. The molecule has 0 aromatic heterocycles. The molecule has 1 aliphatic rings. The van der Waals surface area contributed by atoms with Crippen LogP contribution in [-0.4, -0.2) is 11.3 Å². The number of aryl methyl sites for hydroxylation is 3. The lowest BCUT2D eigenvalue weighted by Gasteiger charge is -2.43. The molecule has 0 radical (unpaired) electrons. The molecule has 0 amide bonds. The number of hydrogen-bond acceptors (Lipinski definition) is 0. The van der Waals surface area contributed by atoms with Gasteiger partial charge in [0.1, 0.15) is 0 Å². The Balaban J connectivity index is 2.44. The fourth-order valence-electron chi connectivity index (χ4n) is 3.04. The summed E-state index contributed by atoms with van der Waals surface area (Å²) in [4.78, 5) is 0. The molecule has 1 aliphatic heterocycles. The molecule has 15 heavy (non-hydrogen) atoms. The highest BCUT2D eigenvalue weighted by molar-refractivity contribution is 7.68. The molecule has 82 valence electrons. The molecule has 1 aromatic rings. The van der Waals surface area contributed by atoms with E-state index < -0.39 is 0 Å². The second-order valence-corrected chi connectivity index (χ2v) is 8.11. The maximum absolute atomic E-state index is 2.42. The normalized spacial score (nSPS) is 26.5. The lowest BCUT2D eigenvalue weighted by atomic mass is 10.1. The predicted octanol–water partition coefficient (Wildman–Crippen LogP) is 3.90. The van der Waals surface area contributed by atoms with Crippen molar-refractivity contribution in [3.05, 3.63) is 28.8 Å². The van der Waals surface area contributed by atoms with Gasteiger partial charge in [-0.15, -0.1) is 0 Å². The standard InChI is InChI=1S/C14H21P/c1-9-6-10(2)14(11(3)7-9)15-12(4)8-13(15)5/h6-7,12-13H,8H2,1-5H3/t12-,13-/m0/s1. The molecule has 2 atom stereocenters. The molecule has 1 aromatic carbocycles. The minimum atomic E-state index is 0.131. The first-order chi connectivity index (χ1) is 7.00. The van der Waals surface area contributed by atoms with Gasteiger partial charge in [0.25, 0.3) is 0 Å². The largest absolute Gasteiger partial charge is 0.0689 e. The van der Waals surface area contributed by atoms with Gasteiger partial charge in [-0.2, -0.15) is 0 Å². The summed E-state index contributed by atoms with van der Waals surface area (Å²) in [6, 6.07) is 4.70. The monoisotopic (exact) mass is 220 g/mol. The number of benzene rings is 1. The summed E-state index contributed by atoms with van der Waals surface area (Å²) in [5, 5.41) is 1.70. The smallest absolute Gasteiger partial charge is 0.0177 e. The summed E-state index contributed by atoms with van der Waals surface area (Å²) in [6.45, 7) is 11.6. The van der Waals surface area contributed by atoms with Gasteiger partial charge >= 0.3 is 0 Å². The van der Waals surface area contributed by atoms with E-state index in [9.17, 15) is 0 Å². The van der Waals surface area contributed by atoms with E-state index in [0.29, 0.717) is 0 Å². The Bertz CT molecular complexity index is 350. The first kappa shape index (κ1) is 11.1. The Hall–Kier alpha value is -0.350. The van der Waals surface area contributed by atoms with Gasteiger partial charge in [-0.25, -0.2) is 0 Å². The Morgan fingerprint density at radius 3 is 1.87 bits per heavy atom. The van der Waals surface area contributed by atoms with Crippen LogP contribution in [0.15, 0.2) is 12.1 Å². The van der Waals surface area contributed by atoms with Crippen LogP contribution in [0.4, 0.5) is 0 Å². The maximum Gasteiger partial charge on any atom is -0.0177 e. The average molecular weight is 220 g/mol. The van der Waals surface area contributed by atoms with Gasteiger partial charge in [-0.05, 0) is 54.9 Å². The zero-order chi connectivity index (χ0) is 11.2. The van der Waals surface area contributed by atoms with Gasteiger partial charge in [-0.1, -0.05) is 39.5 Å². The predicted molar refractivity (Wildman–Crippen MR) is 70.7 cm³/mol. The van der Waals surface area contributed by atoms with E-state index in [2.05, 4.69) is 46.8 Å². The first-order valence-corrected chi connectivity index (χ1v) is 7.35. The van der Waals surface area contributed by atoms with E-state index in [1.807, 2.05) is 0 Å². The maximum atomic E-state index is 2.42. The van der Waals surface area contributed by atoms with Crippen molar-refractivity contribution in [2.45, 2.75) is 52.4 Å². The van der Waals surface area contributed by atoms with Crippen LogP contribution in [0, 0.1) is 20.8 Å². The van der Waals surface area contributed by atoms with Gasteiger partial charge in [-0.3, -0.25) is 0 Å². The fourth-order valence-corrected chi connectivity index (χ4v) is 6.43. The molecule has 0 nitrogen and oxygen atoms in total. The van der Waals surface area contributed by atoms with E-state index in [1.54, 1.807) is 5.30 Å². The van der Waals surface area contributed by atoms with Gasteiger partial charge in [0.05, 0.1) is 0 Å². The zero-order valence-corrected chi connectivity index (χ0v) is 11.4. The van der Waals surface area contributed by atoms with Crippen molar-refractivity contribution in [2.75, 3.05) is 0 Å². The highest BCUT2D eigenvalue weighted by atomic mass is 31.1. The van der Waals surface area contributed by atoms with Crippen molar-refractivity contribution >= 4 is 13.2 Å². The lowest BCUT2D eigenvalue weighted by molar-refractivity contribution is 0.713. The van der Waals surface area contributed by atoms with Gasteiger partial charge in [0.15, 0.2) is 0 Å². The molecule has 1 heterocycles. The van der Waals surface area contributed by atoms with E-state index in [4.69, 9.17) is 0 Å². The van der Waals surface area contributed by atoms with Crippen LogP contribution in [0.5, 0.6) is 0 Å². The summed E-state index contributed by atoms with van der Waals surface area (Å²) in [7, 11) is 0.131.